The van der Waals surface area contributed by atoms with Gasteiger partial charge in [-0.25, -0.2) is 5.10 Å². The third-order valence-corrected chi connectivity index (χ3v) is 2.63. The van der Waals surface area contributed by atoms with Gasteiger partial charge >= 0.3 is 0 Å². The number of nitrogens with zero attached hydrogens (tertiary/aromatic N) is 1. The van der Waals surface area contributed by atoms with Crippen molar-refractivity contribution >= 4 is 0 Å². The molecule has 88 valence electrons. The first-order valence-corrected chi connectivity index (χ1v) is 5.47. The highest BCUT2D eigenvalue weighted by atomic mass is 16.3. The van der Waals surface area contributed by atoms with Crippen LogP contribution in [0.4, 0.5) is 0 Å². The Bertz CT molecular complexity index is 568. The van der Waals surface area contributed by atoms with Crippen molar-refractivity contribution in [2.75, 3.05) is 0 Å². The molecule has 2 rings (SSSR count). The summed E-state index contributed by atoms with van der Waals surface area (Å²) in [6.45, 7) is 4.04. The molecule has 2 N–H and O–H groups in total. The van der Waals surface area contributed by atoms with Crippen molar-refractivity contribution in [3.8, 4) is 17.0 Å². The maximum absolute atomic E-state index is 10.9. The fourth-order valence-electron chi connectivity index (χ4n) is 1.70. The Kier molecular flexibility index (Phi) is 2.95. The van der Waals surface area contributed by atoms with Gasteiger partial charge in [-0.15, -0.1) is 0 Å². The normalized spacial score (nSPS) is 10.8. The Balaban J connectivity index is 2.44. The Labute approximate surface area is 98.9 Å². The molecule has 0 aliphatic carbocycles. The van der Waals surface area contributed by atoms with Crippen molar-refractivity contribution in [3.63, 3.8) is 0 Å². The van der Waals surface area contributed by atoms with Gasteiger partial charge < -0.3 is 5.11 Å². The van der Waals surface area contributed by atoms with Crippen molar-refractivity contribution in [3.05, 3.63) is 46.2 Å². The van der Waals surface area contributed by atoms with E-state index >= 15 is 0 Å². The van der Waals surface area contributed by atoms with E-state index in [0.717, 1.165) is 11.1 Å². The lowest BCUT2D eigenvalue weighted by molar-refractivity contribution is 0.465. The molecule has 0 unspecified atom stereocenters. The van der Waals surface area contributed by atoms with Gasteiger partial charge in [0, 0.05) is 11.6 Å². The molecule has 0 saturated carbocycles. The number of phenolic OH excluding ortho intramolecular Hbond substituents is 1. The average Bonchev–Trinajstić information content (AvgIpc) is 2.29. The zero-order valence-corrected chi connectivity index (χ0v) is 9.77. The van der Waals surface area contributed by atoms with Crippen LogP contribution in [0.15, 0.2) is 35.1 Å². The van der Waals surface area contributed by atoms with Gasteiger partial charge in [-0.3, -0.25) is 4.79 Å². The third kappa shape index (κ3) is 2.36. The number of rotatable bonds is 2. The van der Waals surface area contributed by atoms with Crippen LogP contribution in [0.25, 0.3) is 11.3 Å². The highest BCUT2D eigenvalue weighted by Gasteiger charge is 2.08. The Morgan fingerprint density at radius 2 is 2.00 bits per heavy atom. The molecule has 0 bridgehead atoms. The Morgan fingerprint density at radius 3 is 2.53 bits per heavy atom. The van der Waals surface area contributed by atoms with Gasteiger partial charge in [0.25, 0.3) is 5.56 Å². The number of benzene rings is 1. The minimum atomic E-state index is -0.239. The smallest absolute Gasteiger partial charge is 0.264 e. The zero-order valence-electron chi connectivity index (χ0n) is 9.77. The van der Waals surface area contributed by atoms with Crippen LogP contribution < -0.4 is 5.56 Å². The van der Waals surface area contributed by atoms with E-state index in [1.54, 1.807) is 12.1 Å². The van der Waals surface area contributed by atoms with Crippen LogP contribution in [-0.2, 0) is 0 Å². The second kappa shape index (κ2) is 4.41. The lowest BCUT2D eigenvalue weighted by Gasteiger charge is -2.09. The van der Waals surface area contributed by atoms with Crippen LogP contribution in [0.3, 0.4) is 0 Å². The second-order valence-corrected chi connectivity index (χ2v) is 4.23. The highest BCUT2D eigenvalue weighted by Crippen LogP contribution is 2.29. The number of aromatic hydroxyl groups is 1. The monoisotopic (exact) mass is 230 g/mol. The van der Waals surface area contributed by atoms with Crippen molar-refractivity contribution < 1.29 is 5.11 Å². The lowest BCUT2D eigenvalue weighted by atomic mass is 9.99. The summed E-state index contributed by atoms with van der Waals surface area (Å²) in [5, 5.41) is 16.2. The molecule has 0 atom stereocenters. The SMILES string of the molecule is CC(C)c1ccc(-c2ccc(=O)[nH]n2)cc1O. The number of phenols is 1. The van der Waals surface area contributed by atoms with E-state index in [2.05, 4.69) is 10.2 Å². The summed E-state index contributed by atoms with van der Waals surface area (Å²) in [6, 6.07) is 8.46. The minimum absolute atomic E-state index is 0.239. The van der Waals surface area contributed by atoms with E-state index in [0.29, 0.717) is 5.69 Å². The Hall–Kier alpha value is -2.10. The van der Waals surface area contributed by atoms with Gasteiger partial charge in [-0.2, -0.15) is 5.10 Å². The first kappa shape index (κ1) is 11.4. The quantitative estimate of drug-likeness (QED) is 0.831. The van der Waals surface area contributed by atoms with Gasteiger partial charge in [-0.1, -0.05) is 26.0 Å². The fraction of sp³-hybridized carbons (Fsp3) is 0.231. The van der Waals surface area contributed by atoms with Crippen molar-refractivity contribution in [1.29, 1.82) is 0 Å². The summed E-state index contributed by atoms with van der Waals surface area (Å²) >= 11 is 0. The van der Waals surface area contributed by atoms with Crippen LogP contribution in [0.5, 0.6) is 5.75 Å². The number of H-pyrrole nitrogens is 1. The highest BCUT2D eigenvalue weighted by molar-refractivity contribution is 5.62. The molecule has 1 heterocycles. The lowest BCUT2D eigenvalue weighted by Crippen LogP contribution is -2.05. The number of nitrogens with one attached hydrogen (secondary N) is 1. The molecular formula is C13H14N2O2. The molecule has 0 spiro atoms. The fourth-order valence-corrected chi connectivity index (χ4v) is 1.70. The molecule has 4 heteroatoms. The summed E-state index contributed by atoms with van der Waals surface area (Å²) in [5.74, 6) is 0.526. The molecule has 17 heavy (non-hydrogen) atoms. The summed E-state index contributed by atoms with van der Waals surface area (Å²) in [6.07, 6.45) is 0. The first-order chi connectivity index (χ1) is 8.08. The molecular weight excluding hydrogens is 216 g/mol. The van der Waals surface area contributed by atoms with Crippen LogP contribution in [-0.4, -0.2) is 15.3 Å². The molecule has 1 aromatic carbocycles. The predicted octanol–water partition coefficient (Wildman–Crippen LogP) is 2.27. The van der Waals surface area contributed by atoms with Crippen molar-refractivity contribution in [2.24, 2.45) is 0 Å². The maximum atomic E-state index is 10.9. The predicted molar refractivity (Wildman–Crippen MR) is 66.0 cm³/mol. The number of hydrogen-bond donors (Lipinski definition) is 2. The summed E-state index contributed by atoms with van der Waals surface area (Å²) in [4.78, 5) is 10.9. The molecule has 0 fully saturated rings. The van der Waals surface area contributed by atoms with E-state index < -0.39 is 0 Å². The van der Waals surface area contributed by atoms with E-state index in [4.69, 9.17) is 0 Å². The van der Waals surface area contributed by atoms with Gasteiger partial charge in [-0.05, 0) is 23.6 Å². The van der Waals surface area contributed by atoms with Gasteiger partial charge in [0.15, 0.2) is 0 Å². The summed E-state index contributed by atoms with van der Waals surface area (Å²) in [5.41, 5.74) is 2.08. The van der Waals surface area contributed by atoms with Gasteiger partial charge in [0.05, 0.1) is 5.69 Å². The molecule has 2 aromatic rings. The Morgan fingerprint density at radius 1 is 1.24 bits per heavy atom. The molecule has 0 radical (unpaired) electrons. The summed E-state index contributed by atoms with van der Waals surface area (Å²) < 4.78 is 0. The number of aromatic nitrogens is 2. The molecule has 4 nitrogen and oxygen atoms in total. The van der Waals surface area contributed by atoms with Crippen LogP contribution in [0.1, 0.15) is 25.3 Å². The van der Waals surface area contributed by atoms with Crippen molar-refractivity contribution in [2.45, 2.75) is 19.8 Å². The number of aromatic amines is 1. The van der Waals surface area contributed by atoms with Crippen LogP contribution in [0.2, 0.25) is 0 Å². The average molecular weight is 230 g/mol. The zero-order chi connectivity index (χ0) is 12.4. The third-order valence-electron chi connectivity index (χ3n) is 2.63. The molecule has 0 aliphatic rings. The molecule has 0 saturated heterocycles. The van der Waals surface area contributed by atoms with Gasteiger partial charge in [0.1, 0.15) is 5.75 Å². The molecule has 0 amide bonds. The van der Waals surface area contributed by atoms with Crippen molar-refractivity contribution in [1.82, 2.24) is 10.2 Å². The largest absolute Gasteiger partial charge is 0.508 e. The maximum Gasteiger partial charge on any atom is 0.264 e. The first-order valence-electron chi connectivity index (χ1n) is 5.47. The van der Waals surface area contributed by atoms with E-state index in [1.807, 2.05) is 26.0 Å². The van der Waals surface area contributed by atoms with E-state index in [9.17, 15) is 9.90 Å². The molecule has 0 aliphatic heterocycles. The van der Waals surface area contributed by atoms with Crippen LogP contribution in [0, 0.1) is 0 Å². The number of hydrogen-bond acceptors (Lipinski definition) is 3. The topological polar surface area (TPSA) is 66.0 Å². The second-order valence-electron chi connectivity index (χ2n) is 4.23. The standard InChI is InChI=1S/C13H14N2O2/c1-8(2)10-4-3-9(7-12(10)16)11-5-6-13(17)15-14-11/h3-8,16H,1-2H3,(H,15,17). The minimum Gasteiger partial charge on any atom is -0.508 e. The van der Waals surface area contributed by atoms with Gasteiger partial charge in [0.2, 0.25) is 0 Å². The van der Waals surface area contributed by atoms with E-state index in [1.165, 1.54) is 6.07 Å². The van der Waals surface area contributed by atoms with Crippen LogP contribution >= 0.6 is 0 Å². The summed E-state index contributed by atoms with van der Waals surface area (Å²) in [7, 11) is 0. The van der Waals surface area contributed by atoms with E-state index in [-0.39, 0.29) is 17.2 Å². The molecule has 1 aromatic heterocycles.